The standard InChI is InChI=1S/C26H27ClF3N5O2/c27-22-5-1-17(11-21(22)26(28,29)30)16-7-9-34(10-8-16)24(36)15-33-13-19-3-4-20(14-33)35(19)23-6-2-18(12-32-23)25(31)37/h1-2,5-7,11-12,19-20H,3-4,8-10,13-15H2,(H2,31,37). The van der Waals surface area contributed by atoms with Crippen LogP contribution in [0.3, 0.4) is 0 Å². The molecule has 2 fully saturated rings. The number of amides is 2. The molecule has 2 atom stereocenters. The molecule has 2 N–H and O–H groups in total. The van der Waals surface area contributed by atoms with E-state index in [-0.39, 0.29) is 23.0 Å². The Morgan fingerprint density at radius 1 is 1.11 bits per heavy atom. The highest BCUT2D eigenvalue weighted by Gasteiger charge is 2.41. The number of rotatable bonds is 5. The fourth-order valence-electron chi connectivity index (χ4n) is 5.57. The minimum atomic E-state index is -4.52. The summed E-state index contributed by atoms with van der Waals surface area (Å²) in [4.78, 5) is 35.0. The van der Waals surface area contributed by atoms with E-state index in [0.29, 0.717) is 37.2 Å². The van der Waals surface area contributed by atoms with E-state index in [1.54, 1.807) is 17.0 Å². The number of nitrogens with two attached hydrogens (primary N) is 1. The van der Waals surface area contributed by atoms with E-state index in [9.17, 15) is 22.8 Å². The van der Waals surface area contributed by atoms with Crippen LogP contribution in [-0.2, 0) is 11.0 Å². The van der Waals surface area contributed by atoms with E-state index < -0.39 is 17.6 Å². The maximum atomic E-state index is 13.2. The van der Waals surface area contributed by atoms with Crippen LogP contribution >= 0.6 is 11.6 Å². The molecule has 5 rings (SSSR count). The molecule has 2 bridgehead atoms. The predicted octanol–water partition coefficient (Wildman–Crippen LogP) is 3.82. The number of anilines is 1. The maximum absolute atomic E-state index is 13.2. The lowest BCUT2D eigenvalue weighted by Crippen LogP contribution is -2.56. The van der Waals surface area contributed by atoms with Gasteiger partial charge in [-0.05, 0) is 54.7 Å². The van der Waals surface area contributed by atoms with Gasteiger partial charge in [0, 0.05) is 44.5 Å². The third-order valence-electron chi connectivity index (χ3n) is 7.42. The smallest absolute Gasteiger partial charge is 0.366 e. The second-order valence-corrected chi connectivity index (χ2v) is 10.2. The number of primary amides is 1. The second kappa shape index (κ2) is 9.98. The first kappa shape index (κ1) is 25.5. The third-order valence-corrected chi connectivity index (χ3v) is 7.75. The van der Waals surface area contributed by atoms with Crippen molar-refractivity contribution in [3.8, 4) is 0 Å². The zero-order valence-corrected chi connectivity index (χ0v) is 20.8. The third kappa shape index (κ3) is 5.31. The van der Waals surface area contributed by atoms with Crippen molar-refractivity contribution in [3.63, 3.8) is 0 Å². The summed E-state index contributed by atoms with van der Waals surface area (Å²) < 4.78 is 39.7. The summed E-state index contributed by atoms with van der Waals surface area (Å²) in [5.41, 5.74) is 6.10. The molecule has 2 aromatic rings. The number of pyridine rings is 1. The van der Waals surface area contributed by atoms with Crippen molar-refractivity contribution >= 4 is 34.8 Å². The first-order valence-electron chi connectivity index (χ1n) is 12.2. The Labute approximate surface area is 217 Å². The molecule has 7 nitrogen and oxygen atoms in total. The fraction of sp³-hybridized carbons (Fsp3) is 0.423. The number of aromatic nitrogens is 1. The zero-order chi connectivity index (χ0) is 26.3. The van der Waals surface area contributed by atoms with E-state index in [1.165, 1.54) is 12.3 Å². The van der Waals surface area contributed by atoms with E-state index in [1.807, 2.05) is 12.1 Å². The first-order chi connectivity index (χ1) is 17.6. The molecule has 0 aliphatic carbocycles. The predicted molar refractivity (Wildman–Crippen MR) is 134 cm³/mol. The number of nitrogens with zero attached hydrogens (tertiary/aromatic N) is 4. The largest absolute Gasteiger partial charge is 0.417 e. The second-order valence-electron chi connectivity index (χ2n) is 9.77. The molecule has 1 aromatic heterocycles. The Kier molecular flexibility index (Phi) is 6.89. The lowest BCUT2D eigenvalue weighted by molar-refractivity contribution is -0.137. The molecule has 4 heterocycles. The topological polar surface area (TPSA) is 82.8 Å². The molecule has 0 spiro atoms. The highest BCUT2D eigenvalue weighted by molar-refractivity contribution is 6.31. The van der Waals surface area contributed by atoms with Crippen LogP contribution in [0.2, 0.25) is 5.02 Å². The van der Waals surface area contributed by atoms with Crippen molar-refractivity contribution in [2.75, 3.05) is 37.6 Å². The monoisotopic (exact) mass is 533 g/mol. The van der Waals surface area contributed by atoms with Gasteiger partial charge in [-0.3, -0.25) is 14.5 Å². The molecule has 2 unspecified atom stereocenters. The number of carbonyl (C=O) groups is 2. The number of carbonyl (C=O) groups excluding carboxylic acids is 2. The molecular weight excluding hydrogens is 507 g/mol. The molecule has 0 radical (unpaired) electrons. The molecule has 3 aliphatic heterocycles. The Morgan fingerprint density at radius 2 is 1.84 bits per heavy atom. The molecule has 196 valence electrons. The van der Waals surface area contributed by atoms with Gasteiger partial charge in [0.2, 0.25) is 11.8 Å². The van der Waals surface area contributed by atoms with E-state index in [0.717, 1.165) is 43.4 Å². The summed E-state index contributed by atoms with van der Waals surface area (Å²) >= 11 is 5.74. The van der Waals surface area contributed by atoms with Crippen molar-refractivity contribution in [3.05, 3.63) is 64.3 Å². The number of halogens is 4. The van der Waals surface area contributed by atoms with Crippen LogP contribution in [0.4, 0.5) is 19.0 Å². The van der Waals surface area contributed by atoms with Crippen molar-refractivity contribution < 1.29 is 22.8 Å². The van der Waals surface area contributed by atoms with Crippen molar-refractivity contribution in [2.45, 2.75) is 37.5 Å². The summed E-state index contributed by atoms with van der Waals surface area (Å²) in [6, 6.07) is 7.92. The van der Waals surface area contributed by atoms with E-state index in [4.69, 9.17) is 17.3 Å². The van der Waals surface area contributed by atoms with Crippen molar-refractivity contribution in [1.29, 1.82) is 0 Å². The molecule has 37 heavy (non-hydrogen) atoms. The number of benzene rings is 1. The highest BCUT2D eigenvalue weighted by Crippen LogP contribution is 2.37. The Balaban J connectivity index is 1.19. The minimum absolute atomic E-state index is 0.0131. The van der Waals surface area contributed by atoms with Gasteiger partial charge in [-0.1, -0.05) is 23.7 Å². The Hall–Kier alpha value is -3.11. The van der Waals surface area contributed by atoms with Crippen molar-refractivity contribution in [2.24, 2.45) is 5.73 Å². The summed E-state index contributed by atoms with van der Waals surface area (Å²) in [6.07, 6.45) is 1.30. The van der Waals surface area contributed by atoms with Gasteiger partial charge in [0.1, 0.15) is 5.82 Å². The fourth-order valence-corrected chi connectivity index (χ4v) is 5.79. The molecule has 2 saturated heterocycles. The first-order valence-corrected chi connectivity index (χ1v) is 12.6. The van der Waals surface area contributed by atoms with Crippen LogP contribution in [0, 0.1) is 0 Å². The van der Waals surface area contributed by atoms with Gasteiger partial charge in [0.15, 0.2) is 0 Å². The SMILES string of the molecule is NC(=O)c1ccc(N2C3CCC2CN(CC(=O)N2CC=C(c4ccc(Cl)c(C(F)(F)F)c4)CC2)C3)nc1. The van der Waals surface area contributed by atoms with Gasteiger partial charge in [-0.25, -0.2) is 4.98 Å². The van der Waals surface area contributed by atoms with Crippen LogP contribution in [-0.4, -0.2) is 71.4 Å². The highest BCUT2D eigenvalue weighted by atomic mass is 35.5. The summed E-state index contributed by atoms with van der Waals surface area (Å²) in [7, 11) is 0. The number of hydrogen-bond donors (Lipinski definition) is 1. The van der Waals surface area contributed by atoms with Crippen LogP contribution in [0.1, 0.15) is 40.7 Å². The van der Waals surface area contributed by atoms with Crippen LogP contribution < -0.4 is 10.6 Å². The van der Waals surface area contributed by atoms with E-state index in [2.05, 4.69) is 14.8 Å². The lowest BCUT2D eigenvalue weighted by atomic mass is 9.97. The van der Waals surface area contributed by atoms with Crippen LogP contribution in [0.15, 0.2) is 42.6 Å². The number of hydrogen-bond acceptors (Lipinski definition) is 5. The average molecular weight is 534 g/mol. The molecule has 1 aromatic carbocycles. The van der Waals surface area contributed by atoms with Crippen molar-refractivity contribution in [1.82, 2.24) is 14.8 Å². The Bertz CT molecular complexity index is 1220. The van der Waals surface area contributed by atoms with Crippen LogP contribution in [0.25, 0.3) is 5.57 Å². The number of fused-ring (bicyclic) bond motifs is 2. The number of likely N-dealkylation sites (tertiary alicyclic amines) is 1. The van der Waals surface area contributed by atoms with Gasteiger partial charge in [-0.15, -0.1) is 0 Å². The Morgan fingerprint density at radius 3 is 2.41 bits per heavy atom. The summed E-state index contributed by atoms with van der Waals surface area (Å²) in [5, 5.41) is -0.322. The lowest BCUT2D eigenvalue weighted by Gasteiger charge is -2.42. The van der Waals surface area contributed by atoms with Gasteiger partial charge in [-0.2, -0.15) is 13.2 Å². The van der Waals surface area contributed by atoms with Gasteiger partial charge < -0.3 is 15.5 Å². The average Bonchev–Trinajstić information content (AvgIpc) is 3.13. The summed E-state index contributed by atoms with van der Waals surface area (Å²) in [5.74, 6) is 0.316. The normalized spacial score (nSPS) is 22.2. The quantitative estimate of drug-likeness (QED) is 0.632. The van der Waals surface area contributed by atoms with Gasteiger partial charge in [0.05, 0.1) is 22.7 Å². The van der Waals surface area contributed by atoms with Gasteiger partial charge >= 0.3 is 6.18 Å². The van der Waals surface area contributed by atoms with Crippen LogP contribution in [0.5, 0.6) is 0 Å². The molecule has 3 aliphatic rings. The molecule has 2 amide bonds. The number of alkyl halides is 3. The summed E-state index contributed by atoms with van der Waals surface area (Å²) in [6.45, 7) is 2.60. The van der Waals surface area contributed by atoms with E-state index >= 15 is 0 Å². The minimum Gasteiger partial charge on any atom is -0.366 e. The molecular formula is C26H27ClF3N5O2. The van der Waals surface area contributed by atoms with Gasteiger partial charge in [0.25, 0.3) is 0 Å². The molecule has 0 saturated carbocycles. The zero-order valence-electron chi connectivity index (χ0n) is 20.0. The maximum Gasteiger partial charge on any atom is 0.417 e. The number of piperazine rings is 1. The molecule has 11 heteroatoms.